The minimum Gasteiger partial charge on any atom is -0.494 e. The van der Waals surface area contributed by atoms with Crippen molar-refractivity contribution in [2.75, 3.05) is 18.1 Å². The highest BCUT2D eigenvalue weighted by Gasteiger charge is 2.29. The summed E-state index contributed by atoms with van der Waals surface area (Å²) < 4.78 is 10.7. The number of benzene rings is 2. The second kappa shape index (κ2) is 7.38. The number of rotatable bonds is 5. The Morgan fingerprint density at radius 3 is 2.56 bits per heavy atom. The van der Waals surface area contributed by atoms with E-state index in [1.807, 2.05) is 31.2 Å². The number of hydrogen-bond acceptors (Lipinski definition) is 4. The Morgan fingerprint density at radius 1 is 1.12 bits per heavy atom. The summed E-state index contributed by atoms with van der Waals surface area (Å²) in [5.74, 6) is -0.0301. The molecule has 1 heterocycles. The van der Waals surface area contributed by atoms with Gasteiger partial charge in [-0.1, -0.05) is 18.2 Å². The molecule has 5 heteroatoms. The van der Waals surface area contributed by atoms with Gasteiger partial charge in [0, 0.05) is 12.2 Å². The van der Waals surface area contributed by atoms with Crippen molar-refractivity contribution < 1.29 is 19.1 Å². The van der Waals surface area contributed by atoms with E-state index in [9.17, 15) is 9.59 Å². The van der Waals surface area contributed by atoms with Gasteiger partial charge in [0.1, 0.15) is 5.75 Å². The third kappa shape index (κ3) is 3.65. The fraction of sp³-hybridized carbons (Fsp3) is 0.300. The molecular weight excluding hydrogens is 318 g/mol. The topological polar surface area (TPSA) is 55.8 Å². The van der Waals surface area contributed by atoms with Crippen molar-refractivity contribution in [3.63, 3.8) is 0 Å². The molecule has 0 aliphatic carbocycles. The molecule has 0 saturated heterocycles. The van der Waals surface area contributed by atoms with E-state index in [-0.39, 0.29) is 5.91 Å². The number of anilines is 1. The molecule has 2 aromatic carbocycles. The number of ether oxygens (including phenoxy) is 2. The van der Waals surface area contributed by atoms with Crippen molar-refractivity contribution in [2.24, 2.45) is 0 Å². The van der Waals surface area contributed by atoms with E-state index in [0.29, 0.717) is 24.5 Å². The lowest BCUT2D eigenvalue weighted by Gasteiger charge is -2.21. The van der Waals surface area contributed by atoms with E-state index in [1.54, 1.807) is 36.1 Å². The highest BCUT2D eigenvalue weighted by molar-refractivity contribution is 6.00. The van der Waals surface area contributed by atoms with E-state index < -0.39 is 12.1 Å². The minimum absolute atomic E-state index is 0.204. The minimum atomic E-state index is -0.842. The Kier molecular flexibility index (Phi) is 5.03. The summed E-state index contributed by atoms with van der Waals surface area (Å²) in [5.41, 5.74) is 2.43. The van der Waals surface area contributed by atoms with E-state index in [4.69, 9.17) is 9.47 Å². The first-order valence-corrected chi connectivity index (χ1v) is 8.43. The highest BCUT2D eigenvalue weighted by atomic mass is 16.5. The van der Waals surface area contributed by atoms with Gasteiger partial charge in [0.05, 0.1) is 12.2 Å². The molecule has 0 bridgehead atoms. The SMILES string of the molecule is CCOc1ccc(C(=O)OC(C)C(=O)N2CCc3ccccc32)cc1. The Bertz CT molecular complexity index is 770. The van der Waals surface area contributed by atoms with Crippen LogP contribution in [0.1, 0.15) is 29.8 Å². The predicted octanol–water partition coefficient (Wildman–Crippen LogP) is 3.22. The molecule has 0 aromatic heterocycles. The predicted molar refractivity (Wildman–Crippen MR) is 95.0 cm³/mol. The average molecular weight is 339 g/mol. The molecule has 25 heavy (non-hydrogen) atoms. The first kappa shape index (κ1) is 17.0. The maximum atomic E-state index is 12.6. The fourth-order valence-corrected chi connectivity index (χ4v) is 2.92. The van der Waals surface area contributed by atoms with E-state index in [2.05, 4.69) is 0 Å². The molecule has 0 fully saturated rings. The van der Waals surface area contributed by atoms with E-state index >= 15 is 0 Å². The zero-order chi connectivity index (χ0) is 17.8. The third-order valence-electron chi connectivity index (χ3n) is 4.19. The third-order valence-corrected chi connectivity index (χ3v) is 4.19. The van der Waals surface area contributed by atoms with Gasteiger partial charge >= 0.3 is 5.97 Å². The van der Waals surface area contributed by atoms with Gasteiger partial charge in [0.15, 0.2) is 6.10 Å². The van der Waals surface area contributed by atoms with Crippen LogP contribution in [0.4, 0.5) is 5.69 Å². The fourth-order valence-electron chi connectivity index (χ4n) is 2.92. The van der Waals surface area contributed by atoms with Gasteiger partial charge in [-0.15, -0.1) is 0 Å². The smallest absolute Gasteiger partial charge is 0.338 e. The molecule has 1 amide bonds. The summed E-state index contributed by atoms with van der Waals surface area (Å²) in [6, 6.07) is 14.5. The maximum absolute atomic E-state index is 12.6. The van der Waals surface area contributed by atoms with Crippen LogP contribution in [0, 0.1) is 0 Å². The number of fused-ring (bicyclic) bond motifs is 1. The van der Waals surface area contributed by atoms with Gasteiger partial charge in [-0.25, -0.2) is 4.79 Å². The lowest BCUT2D eigenvalue weighted by molar-refractivity contribution is -0.126. The molecule has 1 atom stereocenters. The zero-order valence-electron chi connectivity index (χ0n) is 14.4. The first-order chi connectivity index (χ1) is 12.1. The maximum Gasteiger partial charge on any atom is 0.338 e. The summed E-state index contributed by atoms with van der Waals surface area (Å²) in [5, 5.41) is 0. The molecule has 0 radical (unpaired) electrons. The molecule has 5 nitrogen and oxygen atoms in total. The van der Waals surface area contributed by atoms with Gasteiger partial charge in [0.2, 0.25) is 0 Å². The van der Waals surface area contributed by atoms with Crippen LogP contribution in [0.2, 0.25) is 0 Å². The summed E-state index contributed by atoms with van der Waals surface area (Å²) in [6.07, 6.45) is -0.0215. The van der Waals surface area contributed by atoms with Crippen molar-refractivity contribution in [3.8, 4) is 5.75 Å². The molecular formula is C20H21NO4. The summed E-state index contributed by atoms with van der Waals surface area (Å²) in [4.78, 5) is 26.6. The van der Waals surface area contributed by atoms with Gasteiger partial charge in [-0.3, -0.25) is 4.79 Å². The van der Waals surface area contributed by atoms with Gasteiger partial charge in [-0.05, 0) is 56.2 Å². The zero-order valence-corrected chi connectivity index (χ0v) is 14.4. The van der Waals surface area contributed by atoms with Crippen LogP contribution in [-0.4, -0.2) is 31.1 Å². The number of nitrogens with zero attached hydrogens (tertiary/aromatic N) is 1. The second-order valence-electron chi connectivity index (χ2n) is 5.87. The standard InChI is InChI=1S/C20H21NO4/c1-3-24-17-10-8-16(9-11-17)20(23)25-14(2)19(22)21-13-12-15-6-4-5-7-18(15)21/h4-11,14H,3,12-13H2,1-2H3. The van der Waals surface area contributed by atoms with Crippen LogP contribution in [0.15, 0.2) is 48.5 Å². The van der Waals surface area contributed by atoms with Crippen LogP contribution in [0.5, 0.6) is 5.75 Å². The van der Waals surface area contributed by atoms with Crippen LogP contribution in [0.25, 0.3) is 0 Å². The number of esters is 1. The highest BCUT2D eigenvalue weighted by Crippen LogP contribution is 2.28. The Balaban J connectivity index is 1.64. The molecule has 3 rings (SSSR count). The van der Waals surface area contributed by atoms with Gasteiger partial charge in [0.25, 0.3) is 5.91 Å². The van der Waals surface area contributed by atoms with Crippen molar-refractivity contribution in [1.29, 1.82) is 0 Å². The average Bonchev–Trinajstić information content (AvgIpc) is 3.06. The van der Waals surface area contributed by atoms with Gasteiger partial charge < -0.3 is 14.4 Å². The van der Waals surface area contributed by atoms with Crippen molar-refractivity contribution in [3.05, 3.63) is 59.7 Å². The number of amides is 1. The summed E-state index contributed by atoms with van der Waals surface area (Å²) in [6.45, 7) is 4.68. The first-order valence-electron chi connectivity index (χ1n) is 8.43. The van der Waals surface area contributed by atoms with Crippen LogP contribution in [-0.2, 0) is 16.0 Å². The Hall–Kier alpha value is -2.82. The monoisotopic (exact) mass is 339 g/mol. The molecule has 0 saturated carbocycles. The van der Waals surface area contributed by atoms with Crippen LogP contribution in [0.3, 0.4) is 0 Å². The number of carbonyl (C=O) groups is 2. The van der Waals surface area contributed by atoms with Crippen molar-refractivity contribution in [1.82, 2.24) is 0 Å². The number of hydrogen-bond donors (Lipinski definition) is 0. The Labute approximate surface area is 147 Å². The van der Waals surface area contributed by atoms with Gasteiger partial charge in [-0.2, -0.15) is 0 Å². The van der Waals surface area contributed by atoms with Crippen molar-refractivity contribution in [2.45, 2.75) is 26.4 Å². The molecule has 1 aliphatic heterocycles. The van der Waals surface area contributed by atoms with Crippen LogP contribution < -0.4 is 9.64 Å². The van der Waals surface area contributed by atoms with E-state index in [0.717, 1.165) is 17.7 Å². The summed E-state index contributed by atoms with van der Waals surface area (Å²) >= 11 is 0. The number of carbonyl (C=O) groups excluding carboxylic acids is 2. The quantitative estimate of drug-likeness (QED) is 0.785. The largest absolute Gasteiger partial charge is 0.494 e. The molecule has 130 valence electrons. The second-order valence-corrected chi connectivity index (χ2v) is 5.87. The lowest BCUT2D eigenvalue weighted by atomic mass is 10.2. The Morgan fingerprint density at radius 2 is 1.84 bits per heavy atom. The van der Waals surface area contributed by atoms with E-state index in [1.165, 1.54) is 0 Å². The molecule has 1 aliphatic rings. The molecule has 0 spiro atoms. The van der Waals surface area contributed by atoms with Crippen molar-refractivity contribution >= 4 is 17.6 Å². The summed E-state index contributed by atoms with van der Waals surface area (Å²) in [7, 11) is 0. The molecule has 0 N–H and O–H groups in total. The number of para-hydroxylation sites is 1. The lowest BCUT2D eigenvalue weighted by Crippen LogP contribution is -2.39. The molecule has 2 aromatic rings. The molecule has 1 unspecified atom stereocenters. The normalized spacial score (nSPS) is 13.9. The van der Waals surface area contributed by atoms with Crippen LogP contribution >= 0.6 is 0 Å².